The maximum absolute atomic E-state index is 11.9. The summed E-state index contributed by atoms with van der Waals surface area (Å²) in [5.74, 6) is -1.13. The molecule has 3 amide bonds. The first-order valence-corrected chi connectivity index (χ1v) is 6.77. The summed E-state index contributed by atoms with van der Waals surface area (Å²) in [5, 5.41) is 0.665. The fraction of sp³-hybridized carbons (Fsp3) is 0.400. The summed E-state index contributed by atoms with van der Waals surface area (Å²) in [4.78, 5) is 35.5. The van der Waals surface area contributed by atoms with Gasteiger partial charge in [-0.15, -0.1) is 0 Å². The number of rotatable bonds is 1. The third-order valence-electron chi connectivity index (χ3n) is 2.40. The number of carbonyl (C=O) groups is 3. The van der Waals surface area contributed by atoms with Crippen LogP contribution in [0, 0.1) is 0 Å². The lowest BCUT2D eigenvalue weighted by Gasteiger charge is -2.22. The molecule has 0 aliphatic carbocycles. The van der Waals surface area contributed by atoms with Crippen molar-refractivity contribution in [3.05, 3.63) is 35.4 Å². The molecule has 0 saturated carbocycles. The lowest BCUT2D eigenvalue weighted by molar-refractivity contribution is 0.0289. The van der Waals surface area contributed by atoms with Crippen LogP contribution >= 0.6 is 0 Å². The number of hydrogen-bond acceptors (Lipinski definition) is 4. The second-order valence-electron chi connectivity index (χ2n) is 5.10. The summed E-state index contributed by atoms with van der Waals surface area (Å²) in [7, 11) is 0. The van der Waals surface area contributed by atoms with Gasteiger partial charge < -0.3 is 4.74 Å². The van der Waals surface area contributed by atoms with Gasteiger partial charge in [0.2, 0.25) is 0 Å². The molecule has 0 atom stereocenters. The van der Waals surface area contributed by atoms with E-state index in [0.29, 0.717) is 5.01 Å². The Labute approximate surface area is 124 Å². The van der Waals surface area contributed by atoms with Crippen LogP contribution in [-0.4, -0.2) is 28.5 Å². The van der Waals surface area contributed by atoms with E-state index in [9.17, 15) is 14.4 Å². The van der Waals surface area contributed by atoms with Crippen molar-refractivity contribution in [2.75, 3.05) is 0 Å². The zero-order chi connectivity index (χ0) is 16.2. The highest BCUT2D eigenvalue weighted by atomic mass is 16.6. The minimum atomic E-state index is -0.845. The van der Waals surface area contributed by atoms with E-state index >= 15 is 0 Å². The van der Waals surface area contributed by atoms with Crippen molar-refractivity contribution >= 4 is 17.9 Å². The lowest BCUT2D eigenvalue weighted by Crippen LogP contribution is -2.47. The average molecular weight is 292 g/mol. The molecule has 0 saturated heterocycles. The van der Waals surface area contributed by atoms with Crippen molar-refractivity contribution in [2.45, 2.75) is 40.2 Å². The highest BCUT2D eigenvalue weighted by molar-refractivity contribution is 6.21. The van der Waals surface area contributed by atoms with Crippen LogP contribution in [0.5, 0.6) is 0 Å². The van der Waals surface area contributed by atoms with E-state index in [2.05, 4.69) is 5.43 Å². The van der Waals surface area contributed by atoms with Gasteiger partial charge in [-0.25, -0.2) is 10.2 Å². The Hall–Kier alpha value is -2.37. The minimum Gasteiger partial charge on any atom is -0.443 e. The number of hydrogen-bond donors (Lipinski definition) is 1. The van der Waals surface area contributed by atoms with Crippen LogP contribution in [0.1, 0.15) is 55.3 Å². The van der Waals surface area contributed by atoms with E-state index in [4.69, 9.17) is 4.74 Å². The van der Waals surface area contributed by atoms with E-state index in [1.165, 1.54) is 12.1 Å². The second-order valence-corrected chi connectivity index (χ2v) is 5.10. The SMILES string of the molecule is CC.CC(C)(C)OC(=O)NN1C(=O)c2ccccc2C1=O. The molecular formula is C15H20N2O4. The van der Waals surface area contributed by atoms with E-state index in [-0.39, 0.29) is 11.1 Å². The van der Waals surface area contributed by atoms with E-state index < -0.39 is 23.5 Å². The molecule has 6 heteroatoms. The molecule has 1 N–H and O–H groups in total. The van der Waals surface area contributed by atoms with Crippen molar-refractivity contribution in [2.24, 2.45) is 0 Å². The first kappa shape index (κ1) is 16.7. The largest absolute Gasteiger partial charge is 0.443 e. The van der Waals surface area contributed by atoms with Crippen molar-refractivity contribution in [1.29, 1.82) is 0 Å². The lowest BCUT2D eigenvalue weighted by atomic mass is 10.1. The Balaban J connectivity index is 0.00000106. The molecule has 1 aliphatic rings. The fourth-order valence-corrected chi connectivity index (χ4v) is 1.68. The van der Waals surface area contributed by atoms with Gasteiger partial charge in [0.05, 0.1) is 11.1 Å². The minimum absolute atomic E-state index is 0.267. The topological polar surface area (TPSA) is 75.7 Å². The Bertz CT molecular complexity index is 526. The average Bonchev–Trinajstić information content (AvgIpc) is 2.65. The van der Waals surface area contributed by atoms with Crippen molar-refractivity contribution < 1.29 is 19.1 Å². The number of ether oxygens (including phenoxy) is 1. The van der Waals surface area contributed by atoms with Crippen molar-refractivity contribution in [3.63, 3.8) is 0 Å². The van der Waals surface area contributed by atoms with Crippen LogP contribution in [0.15, 0.2) is 24.3 Å². The molecule has 0 aromatic heterocycles. The Morgan fingerprint density at radius 1 is 1.05 bits per heavy atom. The van der Waals surface area contributed by atoms with Crippen LogP contribution in [0.2, 0.25) is 0 Å². The molecule has 0 radical (unpaired) electrons. The number of amides is 3. The number of fused-ring (bicyclic) bond motifs is 1. The molecule has 1 heterocycles. The first-order valence-electron chi connectivity index (χ1n) is 6.77. The summed E-state index contributed by atoms with van der Waals surface area (Å²) < 4.78 is 5.00. The summed E-state index contributed by atoms with van der Waals surface area (Å²) in [5.41, 5.74) is 1.98. The van der Waals surface area contributed by atoms with Gasteiger partial charge in [-0.3, -0.25) is 9.59 Å². The molecule has 1 aromatic carbocycles. The Morgan fingerprint density at radius 3 is 1.86 bits per heavy atom. The van der Waals surface area contributed by atoms with Gasteiger partial charge in [0, 0.05) is 0 Å². The van der Waals surface area contributed by atoms with Crippen LogP contribution in [0.25, 0.3) is 0 Å². The predicted octanol–water partition coefficient (Wildman–Crippen LogP) is 2.75. The standard InChI is InChI=1S/C13H14N2O4.C2H6/c1-13(2,3)19-12(18)14-15-10(16)8-6-4-5-7-9(8)11(15)17;1-2/h4-7H,1-3H3,(H,14,18);1-2H3. The van der Waals surface area contributed by atoms with Crippen LogP contribution in [0.4, 0.5) is 4.79 Å². The molecule has 0 unspecified atom stereocenters. The van der Waals surface area contributed by atoms with Gasteiger partial charge in [-0.05, 0) is 32.9 Å². The monoisotopic (exact) mass is 292 g/mol. The van der Waals surface area contributed by atoms with Crippen LogP contribution in [-0.2, 0) is 4.74 Å². The molecular weight excluding hydrogens is 272 g/mol. The molecule has 6 nitrogen and oxygen atoms in total. The number of hydrazine groups is 1. The fourth-order valence-electron chi connectivity index (χ4n) is 1.68. The van der Waals surface area contributed by atoms with Gasteiger partial charge >= 0.3 is 6.09 Å². The van der Waals surface area contributed by atoms with Crippen LogP contribution in [0.3, 0.4) is 0 Å². The summed E-state index contributed by atoms with van der Waals surface area (Å²) >= 11 is 0. The maximum Gasteiger partial charge on any atom is 0.427 e. The highest BCUT2D eigenvalue weighted by Gasteiger charge is 2.37. The maximum atomic E-state index is 11.9. The number of carbonyl (C=O) groups excluding carboxylic acids is 3. The zero-order valence-corrected chi connectivity index (χ0v) is 12.9. The van der Waals surface area contributed by atoms with Gasteiger partial charge in [-0.1, -0.05) is 26.0 Å². The predicted molar refractivity (Wildman–Crippen MR) is 77.7 cm³/mol. The number of nitrogens with zero attached hydrogens (tertiary/aromatic N) is 1. The van der Waals surface area contributed by atoms with Gasteiger partial charge in [0.1, 0.15) is 5.60 Å². The zero-order valence-electron chi connectivity index (χ0n) is 12.9. The number of nitrogens with one attached hydrogen (secondary N) is 1. The molecule has 0 bridgehead atoms. The molecule has 2 rings (SSSR count). The normalized spacial score (nSPS) is 13.3. The first-order chi connectivity index (χ1) is 9.79. The number of imide groups is 1. The van der Waals surface area contributed by atoms with Crippen LogP contribution < -0.4 is 5.43 Å². The molecule has 114 valence electrons. The van der Waals surface area contributed by atoms with Gasteiger partial charge in [0.25, 0.3) is 11.8 Å². The molecule has 1 aromatic rings. The Kier molecular flexibility index (Phi) is 5.07. The molecule has 0 spiro atoms. The quantitative estimate of drug-likeness (QED) is 0.807. The van der Waals surface area contributed by atoms with Crippen molar-refractivity contribution in [1.82, 2.24) is 10.4 Å². The summed E-state index contributed by atoms with van der Waals surface area (Å²) in [6.07, 6.45) is -0.845. The van der Waals surface area contributed by atoms with Gasteiger partial charge in [0.15, 0.2) is 0 Å². The Morgan fingerprint density at radius 2 is 1.48 bits per heavy atom. The van der Waals surface area contributed by atoms with E-state index in [0.717, 1.165) is 0 Å². The van der Waals surface area contributed by atoms with Crippen molar-refractivity contribution in [3.8, 4) is 0 Å². The molecule has 1 aliphatic heterocycles. The smallest absolute Gasteiger partial charge is 0.427 e. The summed E-state index contributed by atoms with van der Waals surface area (Å²) in [6, 6.07) is 6.38. The highest BCUT2D eigenvalue weighted by Crippen LogP contribution is 2.20. The third-order valence-corrected chi connectivity index (χ3v) is 2.40. The summed E-state index contributed by atoms with van der Waals surface area (Å²) in [6.45, 7) is 9.07. The molecule has 0 fully saturated rings. The second kappa shape index (κ2) is 6.39. The third kappa shape index (κ3) is 3.81. The van der Waals surface area contributed by atoms with E-state index in [1.807, 2.05) is 13.8 Å². The molecule has 21 heavy (non-hydrogen) atoms. The number of benzene rings is 1. The van der Waals surface area contributed by atoms with Gasteiger partial charge in [-0.2, -0.15) is 5.01 Å². The van der Waals surface area contributed by atoms with E-state index in [1.54, 1.807) is 32.9 Å².